The molecule has 1 aliphatic heterocycles. The van der Waals surface area contributed by atoms with Crippen LogP contribution in [0.5, 0.6) is 5.75 Å². The van der Waals surface area contributed by atoms with Crippen molar-refractivity contribution in [1.82, 2.24) is 15.1 Å². The van der Waals surface area contributed by atoms with E-state index in [0.717, 1.165) is 30.8 Å². The zero-order valence-corrected chi connectivity index (χ0v) is 12.1. The Kier molecular flexibility index (Phi) is 3.62. The fourth-order valence-electron chi connectivity index (χ4n) is 2.56. The molecule has 0 spiro atoms. The smallest absolute Gasteiger partial charge is 0.260 e. The average molecular weight is 286 g/mol. The number of rotatable bonds is 3. The predicted octanol–water partition coefficient (Wildman–Crippen LogP) is 1.66. The number of ether oxygens (including phenoxy) is 1. The molecular formula is C15H18N4O2. The van der Waals surface area contributed by atoms with Crippen molar-refractivity contribution in [1.29, 1.82) is 0 Å². The average Bonchev–Trinajstić information content (AvgIpc) is 2.89. The van der Waals surface area contributed by atoms with Crippen LogP contribution in [-0.4, -0.2) is 41.7 Å². The quantitative estimate of drug-likeness (QED) is 0.900. The summed E-state index contributed by atoms with van der Waals surface area (Å²) in [5, 5.41) is 10.1. The maximum absolute atomic E-state index is 12.4. The molecule has 0 saturated heterocycles. The third-order valence-corrected chi connectivity index (χ3v) is 3.71. The number of carbonyl (C=O) groups is 1. The molecule has 0 aliphatic carbocycles. The van der Waals surface area contributed by atoms with Crippen LogP contribution in [0.4, 0.5) is 5.82 Å². The highest BCUT2D eigenvalue weighted by Crippen LogP contribution is 2.24. The van der Waals surface area contributed by atoms with E-state index in [1.54, 1.807) is 19.2 Å². The van der Waals surface area contributed by atoms with Gasteiger partial charge < -0.3 is 15.0 Å². The molecular weight excluding hydrogens is 268 g/mol. The summed E-state index contributed by atoms with van der Waals surface area (Å²) in [5.41, 5.74) is 2.67. The van der Waals surface area contributed by atoms with Gasteiger partial charge in [-0.3, -0.25) is 9.89 Å². The number of carbonyl (C=O) groups excluding carboxylic acids is 1. The summed E-state index contributed by atoms with van der Waals surface area (Å²) in [7, 11) is 3.62. The molecule has 2 aromatic rings. The highest BCUT2D eigenvalue weighted by atomic mass is 16.5. The predicted molar refractivity (Wildman–Crippen MR) is 79.6 cm³/mol. The van der Waals surface area contributed by atoms with Gasteiger partial charge in [-0.2, -0.15) is 5.10 Å². The number of methoxy groups -OCH3 is 1. The minimum Gasteiger partial charge on any atom is -0.496 e. The Bertz CT molecular complexity index is 665. The second-order valence-corrected chi connectivity index (χ2v) is 5.17. The van der Waals surface area contributed by atoms with Gasteiger partial charge in [0.25, 0.3) is 5.91 Å². The largest absolute Gasteiger partial charge is 0.496 e. The number of hydrogen-bond donors (Lipinski definition) is 2. The van der Waals surface area contributed by atoms with Gasteiger partial charge >= 0.3 is 0 Å². The van der Waals surface area contributed by atoms with Crippen LogP contribution in [0.25, 0.3) is 0 Å². The lowest BCUT2D eigenvalue weighted by Gasteiger charge is -2.21. The number of nitrogens with one attached hydrogen (secondary N) is 2. The number of amides is 1. The van der Waals surface area contributed by atoms with Gasteiger partial charge in [-0.05, 0) is 25.6 Å². The summed E-state index contributed by atoms with van der Waals surface area (Å²) < 4.78 is 5.22. The summed E-state index contributed by atoms with van der Waals surface area (Å²) in [5.74, 6) is 0.967. The lowest BCUT2D eigenvalue weighted by atomic mass is 10.1. The van der Waals surface area contributed by atoms with Crippen molar-refractivity contribution < 1.29 is 9.53 Å². The highest BCUT2D eigenvalue weighted by molar-refractivity contribution is 6.06. The normalized spacial score (nSPS) is 14.6. The molecule has 3 rings (SSSR count). The first-order chi connectivity index (χ1) is 10.2. The number of H-pyrrole nitrogens is 1. The number of anilines is 1. The van der Waals surface area contributed by atoms with Gasteiger partial charge in [-0.1, -0.05) is 12.1 Å². The van der Waals surface area contributed by atoms with E-state index in [9.17, 15) is 4.79 Å². The molecule has 0 atom stereocenters. The standard InChI is InChI=1S/C15H18N4O2/c1-19-8-7-10-12(9-19)17-18-14(10)16-15(20)11-5-3-4-6-13(11)21-2/h3-6H,7-9H2,1-2H3,(H2,16,17,18,20). The number of nitrogens with zero attached hydrogens (tertiary/aromatic N) is 2. The summed E-state index contributed by atoms with van der Waals surface area (Å²) in [6, 6.07) is 7.15. The second-order valence-electron chi connectivity index (χ2n) is 5.17. The molecule has 2 N–H and O–H groups in total. The summed E-state index contributed by atoms with van der Waals surface area (Å²) in [6.07, 6.45) is 0.879. The molecule has 1 aliphatic rings. The fraction of sp³-hybridized carbons (Fsp3) is 0.333. The SMILES string of the molecule is COc1ccccc1C(=O)Nc1n[nH]c2c1CCN(C)C2. The van der Waals surface area contributed by atoms with Crippen molar-refractivity contribution in [2.75, 3.05) is 26.0 Å². The molecule has 0 fully saturated rings. The topological polar surface area (TPSA) is 70.2 Å². The van der Waals surface area contributed by atoms with Crippen LogP contribution in [-0.2, 0) is 13.0 Å². The van der Waals surface area contributed by atoms with Crippen molar-refractivity contribution >= 4 is 11.7 Å². The van der Waals surface area contributed by atoms with Crippen LogP contribution in [0.15, 0.2) is 24.3 Å². The number of aromatic nitrogens is 2. The number of likely N-dealkylation sites (N-methyl/N-ethyl adjacent to an activating group) is 1. The van der Waals surface area contributed by atoms with Gasteiger partial charge in [-0.25, -0.2) is 0 Å². The Balaban J connectivity index is 1.83. The first kappa shape index (κ1) is 13.6. The van der Waals surface area contributed by atoms with Gasteiger partial charge in [0.05, 0.1) is 18.4 Å². The molecule has 6 heteroatoms. The molecule has 1 aromatic carbocycles. The molecule has 0 saturated carbocycles. The van der Waals surface area contributed by atoms with Crippen LogP contribution in [0, 0.1) is 0 Å². The van der Waals surface area contributed by atoms with E-state index in [1.165, 1.54) is 0 Å². The molecule has 21 heavy (non-hydrogen) atoms. The van der Waals surface area contributed by atoms with Crippen molar-refractivity contribution in [3.63, 3.8) is 0 Å². The van der Waals surface area contributed by atoms with E-state index >= 15 is 0 Å². The molecule has 0 bridgehead atoms. The Labute approximate surface area is 123 Å². The van der Waals surface area contributed by atoms with Gasteiger partial charge in [0.1, 0.15) is 5.75 Å². The van der Waals surface area contributed by atoms with E-state index in [2.05, 4.69) is 27.5 Å². The summed E-state index contributed by atoms with van der Waals surface area (Å²) in [6.45, 7) is 1.79. The Hall–Kier alpha value is -2.34. The van der Waals surface area contributed by atoms with Crippen molar-refractivity contribution in [3.05, 3.63) is 41.1 Å². The number of fused-ring (bicyclic) bond motifs is 1. The number of hydrogen-bond acceptors (Lipinski definition) is 4. The van der Waals surface area contributed by atoms with Gasteiger partial charge in [0, 0.05) is 18.7 Å². The van der Waals surface area contributed by atoms with Crippen LogP contribution >= 0.6 is 0 Å². The minimum absolute atomic E-state index is 0.208. The number of aromatic amines is 1. The number of para-hydroxylation sites is 1. The first-order valence-electron chi connectivity index (χ1n) is 6.88. The van der Waals surface area contributed by atoms with Gasteiger partial charge in [0.2, 0.25) is 0 Å². The maximum Gasteiger partial charge on any atom is 0.260 e. The molecule has 6 nitrogen and oxygen atoms in total. The lowest BCUT2D eigenvalue weighted by molar-refractivity contribution is 0.102. The fourth-order valence-corrected chi connectivity index (χ4v) is 2.56. The zero-order valence-electron chi connectivity index (χ0n) is 12.1. The van der Waals surface area contributed by atoms with Crippen molar-refractivity contribution in [3.8, 4) is 5.75 Å². The minimum atomic E-state index is -0.208. The number of benzene rings is 1. The third kappa shape index (κ3) is 2.62. The Morgan fingerprint density at radius 2 is 2.24 bits per heavy atom. The monoisotopic (exact) mass is 286 g/mol. The van der Waals surface area contributed by atoms with E-state index < -0.39 is 0 Å². The zero-order chi connectivity index (χ0) is 14.8. The third-order valence-electron chi connectivity index (χ3n) is 3.71. The van der Waals surface area contributed by atoms with E-state index in [1.807, 2.05) is 12.1 Å². The Morgan fingerprint density at radius 1 is 1.43 bits per heavy atom. The van der Waals surface area contributed by atoms with Crippen molar-refractivity contribution in [2.45, 2.75) is 13.0 Å². The molecule has 0 unspecified atom stereocenters. The highest BCUT2D eigenvalue weighted by Gasteiger charge is 2.21. The lowest BCUT2D eigenvalue weighted by Crippen LogP contribution is -2.26. The molecule has 0 radical (unpaired) electrons. The first-order valence-corrected chi connectivity index (χ1v) is 6.88. The van der Waals surface area contributed by atoms with Crippen LogP contribution in [0.3, 0.4) is 0 Å². The van der Waals surface area contributed by atoms with E-state index in [-0.39, 0.29) is 5.91 Å². The summed E-state index contributed by atoms with van der Waals surface area (Å²) in [4.78, 5) is 14.6. The Morgan fingerprint density at radius 3 is 3.05 bits per heavy atom. The molecule has 2 heterocycles. The molecule has 110 valence electrons. The molecule has 1 aromatic heterocycles. The summed E-state index contributed by atoms with van der Waals surface area (Å²) >= 11 is 0. The molecule has 1 amide bonds. The van der Waals surface area contributed by atoms with Crippen LogP contribution < -0.4 is 10.1 Å². The van der Waals surface area contributed by atoms with E-state index in [4.69, 9.17) is 4.74 Å². The van der Waals surface area contributed by atoms with Crippen molar-refractivity contribution in [2.24, 2.45) is 0 Å². The maximum atomic E-state index is 12.4. The van der Waals surface area contributed by atoms with Gasteiger partial charge in [0.15, 0.2) is 5.82 Å². The van der Waals surface area contributed by atoms with E-state index in [0.29, 0.717) is 17.1 Å². The van der Waals surface area contributed by atoms with Crippen LogP contribution in [0.1, 0.15) is 21.6 Å². The van der Waals surface area contributed by atoms with Crippen LogP contribution in [0.2, 0.25) is 0 Å². The second kappa shape index (κ2) is 5.57. The van der Waals surface area contributed by atoms with Gasteiger partial charge in [-0.15, -0.1) is 0 Å².